The number of likely N-dealkylation sites (tertiary alicyclic amines) is 1. The van der Waals surface area contributed by atoms with Gasteiger partial charge in [-0.1, -0.05) is 6.92 Å². The number of nitrogens with one attached hydrogen (secondary N) is 1. The fourth-order valence-electron chi connectivity index (χ4n) is 3.02. The molecule has 2 saturated heterocycles. The van der Waals surface area contributed by atoms with Gasteiger partial charge in [0.2, 0.25) is 5.91 Å². The van der Waals surface area contributed by atoms with Crippen molar-refractivity contribution in [3.63, 3.8) is 0 Å². The highest BCUT2D eigenvalue weighted by Crippen LogP contribution is 2.21. The molecule has 1 N–H and O–H groups in total. The SMILES string of the molecule is COC1CN(C(C)C(=O)N2CCNCC2)CCC1C. The Kier molecular flexibility index (Phi) is 5.19. The molecule has 19 heavy (non-hydrogen) atoms. The van der Waals surface area contributed by atoms with Gasteiger partial charge in [0, 0.05) is 39.8 Å². The maximum atomic E-state index is 12.5. The number of carbonyl (C=O) groups is 1. The van der Waals surface area contributed by atoms with Crippen LogP contribution in [0.15, 0.2) is 0 Å². The van der Waals surface area contributed by atoms with Crippen molar-refractivity contribution in [1.29, 1.82) is 0 Å². The third kappa shape index (κ3) is 3.46. The Bertz CT molecular complexity index is 305. The molecule has 0 aromatic carbocycles. The quantitative estimate of drug-likeness (QED) is 0.793. The number of hydrogen-bond acceptors (Lipinski definition) is 4. The molecule has 0 aromatic rings. The molecular formula is C14H27N3O2. The molecule has 0 bridgehead atoms. The minimum atomic E-state index is -0.0248. The molecule has 2 aliphatic heterocycles. The fraction of sp³-hybridized carbons (Fsp3) is 0.929. The molecule has 2 rings (SSSR count). The van der Waals surface area contributed by atoms with E-state index in [0.29, 0.717) is 5.92 Å². The van der Waals surface area contributed by atoms with Crippen molar-refractivity contribution in [2.45, 2.75) is 32.4 Å². The van der Waals surface area contributed by atoms with Gasteiger partial charge in [-0.2, -0.15) is 0 Å². The van der Waals surface area contributed by atoms with E-state index in [4.69, 9.17) is 4.74 Å². The number of piperazine rings is 1. The molecule has 0 aliphatic carbocycles. The number of hydrogen-bond donors (Lipinski definition) is 1. The molecular weight excluding hydrogens is 242 g/mol. The number of ether oxygens (including phenoxy) is 1. The second-order valence-corrected chi connectivity index (χ2v) is 5.79. The van der Waals surface area contributed by atoms with Gasteiger partial charge >= 0.3 is 0 Å². The second kappa shape index (κ2) is 6.68. The second-order valence-electron chi connectivity index (χ2n) is 5.79. The Morgan fingerprint density at radius 1 is 1.32 bits per heavy atom. The molecule has 5 nitrogen and oxygen atoms in total. The molecule has 5 heteroatoms. The number of carbonyl (C=O) groups excluding carboxylic acids is 1. The predicted octanol–water partition coefficient (Wildman–Crippen LogP) is 0.164. The lowest BCUT2D eigenvalue weighted by molar-refractivity contribution is -0.139. The summed E-state index contributed by atoms with van der Waals surface area (Å²) in [5, 5.41) is 3.28. The van der Waals surface area contributed by atoms with Crippen LogP contribution in [0, 0.1) is 5.92 Å². The monoisotopic (exact) mass is 269 g/mol. The van der Waals surface area contributed by atoms with Crippen molar-refractivity contribution in [3.05, 3.63) is 0 Å². The van der Waals surface area contributed by atoms with Crippen LogP contribution in [0.3, 0.4) is 0 Å². The lowest BCUT2D eigenvalue weighted by atomic mass is 9.94. The van der Waals surface area contributed by atoms with E-state index in [-0.39, 0.29) is 18.1 Å². The van der Waals surface area contributed by atoms with Crippen LogP contribution in [0.1, 0.15) is 20.3 Å². The minimum absolute atomic E-state index is 0.0248. The third-order valence-electron chi connectivity index (χ3n) is 4.56. The van der Waals surface area contributed by atoms with Crippen molar-refractivity contribution in [1.82, 2.24) is 15.1 Å². The van der Waals surface area contributed by atoms with Crippen LogP contribution in [0.5, 0.6) is 0 Å². The number of nitrogens with zero attached hydrogens (tertiary/aromatic N) is 2. The fourth-order valence-corrected chi connectivity index (χ4v) is 3.02. The molecule has 1 amide bonds. The molecule has 0 aromatic heterocycles. The van der Waals surface area contributed by atoms with Gasteiger partial charge in [0.1, 0.15) is 0 Å². The highest BCUT2D eigenvalue weighted by molar-refractivity contribution is 5.81. The Morgan fingerprint density at radius 2 is 2.00 bits per heavy atom. The molecule has 2 aliphatic rings. The van der Waals surface area contributed by atoms with Gasteiger partial charge in [-0.3, -0.25) is 9.69 Å². The first kappa shape index (κ1) is 14.8. The van der Waals surface area contributed by atoms with Crippen LogP contribution in [0.4, 0.5) is 0 Å². The van der Waals surface area contributed by atoms with E-state index in [1.165, 1.54) is 0 Å². The molecule has 110 valence electrons. The van der Waals surface area contributed by atoms with Crippen molar-refractivity contribution < 1.29 is 9.53 Å². The van der Waals surface area contributed by atoms with Gasteiger partial charge in [-0.05, 0) is 25.8 Å². The van der Waals surface area contributed by atoms with Crippen LogP contribution in [0.2, 0.25) is 0 Å². The summed E-state index contributed by atoms with van der Waals surface area (Å²) in [6.45, 7) is 9.63. The summed E-state index contributed by atoms with van der Waals surface area (Å²) in [5.41, 5.74) is 0. The van der Waals surface area contributed by atoms with E-state index in [2.05, 4.69) is 17.1 Å². The number of rotatable bonds is 3. The van der Waals surface area contributed by atoms with Gasteiger partial charge in [-0.15, -0.1) is 0 Å². The van der Waals surface area contributed by atoms with E-state index < -0.39 is 0 Å². The van der Waals surface area contributed by atoms with E-state index in [9.17, 15) is 4.79 Å². The topological polar surface area (TPSA) is 44.8 Å². The first-order valence-corrected chi connectivity index (χ1v) is 7.40. The standard InChI is InChI=1S/C14H27N3O2/c1-11-4-7-17(10-13(11)19-3)12(2)14(18)16-8-5-15-6-9-16/h11-13,15H,4-10H2,1-3H3. The van der Waals surface area contributed by atoms with Crippen LogP contribution >= 0.6 is 0 Å². The third-order valence-corrected chi connectivity index (χ3v) is 4.56. The van der Waals surface area contributed by atoms with E-state index in [0.717, 1.165) is 45.7 Å². The zero-order valence-electron chi connectivity index (χ0n) is 12.4. The van der Waals surface area contributed by atoms with Crippen molar-refractivity contribution >= 4 is 5.91 Å². The highest BCUT2D eigenvalue weighted by Gasteiger charge is 2.33. The summed E-state index contributed by atoms with van der Waals surface area (Å²) in [4.78, 5) is 16.8. The summed E-state index contributed by atoms with van der Waals surface area (Å²) in [5.74, 6) is 0.855. The van der Waals surface area contributed by atoms with Gasteiger partial charge in [0.15, 0.2) is 0 Å². The zero-order chi connectivity index (χ0) is 13.8. The van der Waals surface area contributed by atoms with E-state index in [1.807, 2.05) is 11.8 Å². The van der Waals surface area contributed by atoms with Crippen LogP contribution in [0.25, 0.3) is 0 Å². The van der Waals surface area contributed by atoms with E-state index in [1.54, 1.807) is 7.11 Å². The molecule has 0 radical (unpaired) electrons. The van der Waals surface area contributed by atoms with Gasteiger partial charge in [-0.25, -0.2) is 0 Å². The highest BCUT2D eigenvalue weighted by atomic mass is 16.5. The maximum Gasteiger partial charge on any atom is 0.239 e. The number of piperidine rings is 1. The lowest BCUT2D eigenvalue weighted by Crippen LogP contribution is -2.56. The summed E-state index contributed by atoms with van der Waals surface area (Å²) in [6.07, 6.45) is 1.37. The summed E-state index contributed by atoms with van der Waals surface area (Å²) >= 11 is 0. The summed E-state index contributed by atoms with van der Waals surface area (Å²) in [7, 11) is 1.77. The lowest BCUT2D eigenvalue weighted by Gasteiger charge is -2.40. The predicted molar refractivity (Wildman–Crippen MR) is 75.1 cm³/mol. The Morgan fingerprint density at radius 3 is 2.63 bits per heavy atom. The summed E-state index contributed by atoms with van der Waals surface area (Å²) in [6, 6.07) is -0.0248. The number of amides is 1. The molecule has 3 atom stereocenters. The smallest absolute Gasteiger partial charge is 0.239 e. The normalized spacial score (nSPS) is 31.2. The van der Waals surface area contributed by atoms with Crippen LogP contribution in [-0.2, 0) is 9.53 Å². The minimum Gasteiger partial charge on any atom is -0.380 e. The molecule has 3 unspecified atom stereocenters. The van der Waals surface area contributed by atoms with Crippen molar-refractivity contribution in [3.8, 4) is 0 Å². The first-order valence-electron chi connectivity index (χ1n) is 7.40. The Labute approximate surface area is 116 Å². The molecule has 0 spiro atoms. The van der Waals surface area contributed by atoms with Crippen molar-refractivity contribution in [2.75, 3.05) is 46.4 Å². The van der Waals surface area contributed by atoms with Gasteiger partial charge < -0.3 is 15.0 Å². The number of methoxy groups -OCH3 is 1. The average Bonchev–Trinajstić information content (AvgIpc) is 2.47. The van der Waals surface area contributed by atoms with Crippen molar-refractivity contribution in [2.24, 2.45) is 5.92 Å². The summed E-state index contributed by atoms with van der Waals surface area (Å²) < 4.78 is 5.53. The Hall–Kier alpha value is -0.650. The molecule has 2 heterocycles. The van der Waals surface area contributed by atoms with Crippen LogP contribution < -0.4 is 5.32 Å². The Balaban J connectivity index is 1.91. The first-order chi connectivity index (χ1) is 9.13. The maximum absolute atomic E-state index is 12.5. The van der Waals surface area contributed by atoms with E-state index >= 15 is 0 Å². The molecule has 0 saturated carbocycles. The van der Waals surface area contributed by atoms with Crippen LogP contribution in [-0.4, -0.2) is 74.2 Å². The van der Waals surface area contributed by atoms with Gasteiger partial charge in [0.25, 0.3) is 0 Å². The van der Waals surface area contributed by atoms with Gasteiger partial charge in [0.05, 0.1) is 12.1 Å². The average molecular weight is 269 g/mol. The largest absolute Gasteiger partial charge is 0.380 e. The molecule has 2 fully saturated rings. The zero-order valence-corrected chi connectivity index (χ0v) is 12.4.